The summed E-state index contributed by atoms with van der Waals surface area (Å²) in [5, 5.41) is 2.95. The molecule has 2 rings (SSSR count). The first-order valence-corrected chi connectivity index (χ1v) is 7.19. The predicted molar refractivity (Wildman–Crippen MR) is 82.7 cm³/mol. The number of nitrogens with one attached hydrogen (secondary N) is 1. The Balaban J connectivity index is 1.86. The minimum Gasteiger partial charge on any atom is -0.389 e. The Bertz CT molecular complexity index is 488. The van der Waals surface area contributed by atoms with Crippen LogP contribution in [-0.2, 0) is 0 Å². The van der Waals surface area contributed by atoms with Crippen LogP contribution in [0.25, 0.3) is 0 Å². The smallest absolute Gasteiger partial charge is 0.269 e. The van der Waals surface area contributed by atoms with Gasteiger partial charge in [0.05, 0.1) is 0 Å². The third-order valence-corrected chi connectivity index (χ3v) is 3.79. The van der Waals surface area contributed by atoms with Gasteiger partial charge in [0.15, 0.2) is 0 Å². The number of carbonyl (C=O) groups excluding carboxylic acids is 1. The number of likely N-dealkylation sites (tertiary alicyclic amines) is 1. The molecule has 1 aromatic rings. The van der Waals surface area contributed by atoms with Crippen LogP contribution < -0.4 is 11.1 Å². The van der Waals surface area contributed by atoms with Crippen LogP contribution in [0.3, 0.4) is 0 Å². The van der Waals surface area contributed by atoms with Gasteiger partial charge in [-0.2, -0.15) is 0 Å². The lowest BCUT2D eigenvalue weighted by Crippen LogP contribution is -2.39. The van der Waals surface area contributed by atoms with Gasteiger partial charge in [-0.05, 0) is 44.5 Å². The maximum atomic E-state index is 12.0. The molecule has 0 saturated carbocycles. The van der Waals surface area contributed by atoms with Crippen LogP contribution in [0.4, 0.5) is 0 Å². The molecule has 0 radical (unpaired) electrons. The van der Waals surface area contributed by atoms with Crippen molar-refractivity contribution in [2.45, 2.75) is 12.8 Å². The SMILES string of the molecule is CN1CCCC(CNC(=O)c2ccc(C(N)=S)cn2)C1. The van der Waals surface area contributed by atoms with Crippen molar-refractivity contribution in [1.29, 1.82) is 0 Å². The van der Waals surface area contributed by atoms with E-state index in [0.717, 1.165) is 13.1 Å². The summed E-state index contributed by atoms with van der Waals surface area (Å²) < 4.78 is 0. The number of hydrogen-bond acceptors (Lipinski definition) is 4. The van der Waals surface area contributed by atoms with E-state index in [9.17, 15) is 4.79 Å². The molecule has 1 saturated heterocycles. The fourth-order valence-corrected chi connectivity index (χ4v) is 2.56. The summed E-state index contributed by atoms with van der Waals surface area (Å²) in [6.45, 7) is 2.88. The van der Waals surface area contributed by atoms with Crippen molar-refractivity contribution < 1.29 is 4.79 Å². The molecule has 3 N–H and O–H groups in total. The van der Waals surface area contributed by atoms with Crippen molar-refractivity contribution in [3.8, 4) is 0 Å². The number of piperidine rings is 1. The second-order valence-electron chi connectivity index (χ2n) is 5.28. The summed E-state index contributed by atoms with van der Waals surface area (Å²) in [6, 6.07) is 3.37. The Labute approximate surface area is 124 Å². The molecule has 1 aromatic heterocycles. The molecule has 1 fully saturated rings. The van der Waals surface area contributed by atoms with Gasteiger partial charge in [0.1, 0.15) is 10.7 Å². The summed E-state index contributed by atoms with van der Waals surface area (Å²) in [5.74, 6) is 0.376. The quantitative estimate of drug-likeness (QED) is 0.803. The lowest BCUT2D eigenvalue weighted by Gasteiger charge is -2.29. The van der Waals surface area contributed by atoms with Crippen LogP contribution >= 0.6 is 12.2 Å². The summed E-state index contributed by atoms with van der Waals surface area (Å²) >= 11 is 4.85. The molecule has 5 nitrogen and oxygen atoms in total. The van der Waals surface area contributed by atoms with Crippen LogP contribution in [0.2, 0.25) is 0 Å². The average Bonchev–Trinajstić information content (AvgIpc) is 2.45. The number of rotatable bonds is 4. The number of amides is 1. The van der Waals surface area contributed by atoms with Gasteiger partial charge >= 0.3 is 0 Å². The lowest BCUT2D eigenvalue weighted by molar-refractivity contribution is 0.0932. The van der Waals surface area contributed by atoms with E-state index in [1.165, 1.54) is 19.0 Å². The Hall–Kier alpha value is -1.53. The van der Waals surface area contributed by atoms with Gasteiger partial charge < -0.3 is 16.0 Å². The van der Waals surface area contributed by atoms with Gasteiger partial charge in [0.25, 0.3) is 5.91 Å². The molecule has 0 bridgehead atoms. The highest BCUT2D eigenvalue weighted by molar-refractivity contribution is 7.80. The van der Waals surface area contributed by atoms with E-state index in [4.69, 9.17) is 18.0 Å². The minimum atomic E-state index is -0.146. The molecule has 20 heavy (non-hydrogen) atoms. The third kappa shape index (κ3) is 3.98. The zero-order valence-corrected chi connectivity index (χ0v) is 12.4. The normalized spacial score (nSPS) is 19.6. The third-order valence-electron chi connectivity index (χ3n) is 3.55. The predicted octanol–water partition coefficient (Wildman–Crippen LogP) is 0.787. The first kappa shape index (κ1) is 14.9. The van der Waals surface area contributed by atoms with Crippen LogP contribution in [0.15, 0.2) is 18.3 Å². The molecule has 1 aliphatic heterocycles. The van der Waals surface area contributed by atoms with E-state index in [1.54, 1.807) is 12.1 Å². The highest BCUT2D eigenvalue weighted by Crippen LogP contribution is 2.14. The van der Waals surface area contributed by atoms with Crippen LogP contribution in [0.5, 0.6) is 0 Å². The van der Waals surface area contributed by atoms with E-state index in [2.05, 4.69) is 22.2 Å². The van der Waals surface area contributed by atoms with Crippen molar-refractivity contribution in [2.24, 2.45) is 11.7 Å². The highest BCUT2D eigenvalue weighted by Gasteiger charge is 2.18. The number of hydrogen-bond donors (Lipinski definition) is 2. The van der Waals surface area contributed by atoms with Crippen LogP contribution in [-0.4, -0.2) is 47.5 Å². The number of nitrogens with zero attached hydrogens (tertiary/aromatic N) is 2. The fourth-order valence-electron chi connectivity index (χ4n) is 2.44. The molecular formula is C14H20N4OS. The molecule has 6 heteroatoms. The van der Waals surface area contributed by atoms with E-state index in [0.29, 0.717) is 23.7 Å². The van der Waals surface area contributed by atoms with E-state index >= 15 is 0 Å². The molecule has 1 unspecified atom stereocenters. The topological polar surface area (TPSA) is 71.2 Å². The van der Waals surface area contributed by atoms with Gasteiger partial charge in [-0.1, -0.05) is 12.2 Å². The largest absolute Gasteiger partial charge is 0.389 e. The first-order valence-electron chi connectivity index (χ1n) is 6.79. The van der Waals surface area contributed by atoms with Gasteiger partial charge in [0, 0.05) is 24.8 Å². The van der Waals surface area contributed by atoms with Crippen LogP contribution in [0, 0.1) is 5.92 Å². The molecular weight excluding hydrogens is 272 g/mol. The summed E-state index contributed by atoms with van der Waals surface area (Å²) in [5.41, 5.74) is 6.56. The number of carbonyl (C=O) groups is 1. The van der Waals surface area contributed by atoms with Gasteiger partial charge in [0.2, 0.25) is 0 Å². The Kier molecular flexibility index (Phi) is 5.03. The molecule has 1 aliphatic rings. The Morgan fingerprint density at radius 2 is 2.40 bits per heavy atom. The van der Waals surface area contributed by atoms with Gasteiger partial charge in [-0.15, -0.1) is 0 Å². The Morgan fingerprint density at radius 1 is 1.60 bits per heavy atom. The van der Waals surface area contributed by atoms with E-state index in [-0.39, 0.29) is 10.9 Å². The number of thiocarbonyl (C=S) groups is 1. The standard InChI is InChI=1S/C14H20N4OS/c1-18-6-2-3-10(9-18)7-17-14(19)12-5-4-11(8-16-12)13(15)20/h4-5,8,10H,2-3,6-7,9H2,1H3,(H2,15,20)(H,17,19). The van der Waals surface area contributed by atoms with Crippen LogP contribution in [0.1, 0.15) is 28.9 Å². The minimum absolute atomic E-state index is 0.146. The molecule has 0 aliphatic carbocycles. The van der Waals surface area contributed by atoms with Crippen molar-refractivity contribution >= 4 is 23.1 Å². The summed E-state index contributed by atoms with van der Waals surface area (Å²) in [7, 11) is 2.12. The van der Waals surface area contributed by atoms with E-state index < -0.39 is 0 Å². The monoisotopic (exact) mass is 292 g/mol. The highest BCUT2D eigenvalue weighted by atomic mass is 32.1. The maximum absolute atomic E-state index is 12.0. The molecule has 0 spiro atoms. The molecule has 1 atom stereocenters. The lowest BCUT2D eigenvalue weighted by atomic mass is 9.98. The average molecular weight is 292 g/mol. The molecule has 1 amide bonds. The van der Waals surface area contributed by atoms with E-state index in [1.807, 2.05) is 0 Å². The van der Waals surface area contributed by atoms with Crippen molar-refractivity contribution in [3.63, 3.8) is 0 Å². The number of pyridine rings is 1. The van der Waals surface area contributed by atoms with Crippen molar-refractivity contribution in [3.05, 3.63) is 29.6 Å². The van der Waals surface area contributed by atoms with Gasteiger partial charge in [-0.25, -0.2) is 0 Å². The second-order valence-corrected chi connectivity index (χ2v) is 5.72. The molecule has 108 valence electrons. The van der Waals surface area contributed by atoms with Crippen molar-refractivity contribution in [2.75, 3.05) is 26.7 Å². The summed E-state index contributed by atoms with van der Waals surface area (Å²) in [6.07, 6.45) is 3.89. The number of nitrogens with two attached hydrogens (primary N) is 1. The number of aromatic nitrogens is 1. The summed E-state index contributed by atoms with van der Waals surface area (Å²) in [4.78, 5) is 18.7. The molecule has 0 aromatic carbocycles. The van der Waals surface area contributed by atoms with Crippen molar-refractivity contribution in [1.82, 2.24) is 15.2 Å². The molecule has 2 heterocycles. The second kappa shape index (κ2) is 6.76. The maximum Gasteiger partial charge on any atom is 0.269 e. The first-order chi connectivity index (χ1) is 9.56. The zero-order chi connectivity index (χ0) is 14.5. The fraction of sp³-hybridized carbons (Fsp3) is 0.500. The van der Waals surface area contributed by atoms with Gasteiger partial charge in [-0.3, -0.25) is 9.78 Å². The Morgan fingerprint density at radius 3 is 3.00 bits per heavy atom. The zero-order valence-electron chi connectivity index (χ0n) is 11.6.